The summed E-state index contributed by atoms with van der Waals surface area (Å²) in [6, 6.07) is 12.0. The van der Waals surface area contributed by atoms with Crippen LogP contribution in [0.4, 0.5) is 4.39 Å². The zero-order valence-corrected chi connectivity index (χ0v) is 15.3. The Labute approximate surface area is 162 Å². The van der Waals surface area contributed by atoms with Gasteiger partial charge in [0.15, 0.2) is 0 Å². The molecule has 146 valence electrons. The molecule has 2 atom stereocenters. The van der Waals surface area contributed by atoms with Crippen molar-refractivity contribution in [2.24, 2.45) is 0 Å². The van der Waals surface area contributed by atoms with Crippen molar-refractivity contribution in [1.82, 2.24) is 15.7 Å². The number of benzene rings is 2. The zero-order chi connectivity index (χ0) is 19.7. The smallest absolute Gasteiger partial charge is 0.274 e. The normalized spacial score (nSPS) is 20.4. The second kappa shape index (κ2) is 7.69. The molecule has 3 N–H and O–H groups in total. The van der Waals surface area contributed by atoms with Gasteiger partial charge in [0.05, 0.1) is 6.54 Å². The minimum Gasteiger partial charge on any atom is -0.337 e. The molecule has 0 aromatic heterocycles. The van der Waals surface area contributed by atoms with E-state index in [1.54, 1.807) is 34.6 Å². The van der Waals surface area contributed by atoms with Crippen LogP contribution in [-0.4, -0.2) is 41.1 Å². The molecule has 2 unspecified atom stereocenters. The molecular weight excluding hydrogens is 361 g/mol. The van der Waals surface area contributed by atoms with E-state index in [0.717, 1.165) is 29.5 Å². The van der Waals surface area contributed by atoms with Crippen molar-refractivity contribution in [2.75, 3.05) is 13.1 Å². The number of nitrogens with one attached hydrogen (secondary N) is 2. The van der Waals surface area contributed by atoms with E-state index in [2.05, 4.69) is 5.32 Å². The second-order valence-electron chi connectivity index (χ2n) is 7.37. The Morgan fingerprint density at radius 1 is 1.14 bits per heavy atom. The van der Waals surface area contributed by atoms with Crippen molar-refractivity contribution in [2.45, 2.75) is 31.3 Å². The maximum atomic E-state index is 13.0. The van der Waals surface area contributed by atoms with E-state index in [1.165, 1.54) is 12.1 Å². The first-order valence-electron chi connectivity index (χ1n) is 9.38. The van der Waals surface area contributed by atoms with Crippen LogP contribution in [-0.2, 0) is 17.8 Å². The largest absolute Gasteiger partial charge is 0.337 e. The summed E-state index contributed by atoms with van der Waals surface area (Å²) < 4.78 is 13.0. The molecule has 0 bridgehead atoms. The van der Waals surface area contributed by atoms with Crippen molar-refractivity contribution < 1.29 is 19.2 Å². The van der Waals surface area contributed by atoms with Gasteiger partial charge < -0.3 is 10.2 Å². The molecule has 28 heavy (non-hydrogen) atoms. The average molecular weight is 383 g/mol. The molecule has 0 radical (unpaired) electrons. The summed E-state index contributed by atoms with van der Waals surface area (Å²) in [5.41, 5.74) is 5.14. The Morgan fingerprint density at radius 3 is 2.68 bits per heavy atom. The molecule has 2 amide bonds. The lowest BCUT2D eigenvalue weighted by atomic mass is 9.97. The summed E-state index contributed by atoms with van der Waals surface area (Å²) >= 11 is 0. The summed E-state index contributed by atoms with van der Waals surface area (Å²) in [7, 11) is 0. The number of hydrogen-bond donors (Lipinski definition) is 3. The maximum absolute atomic E-state index is 13.0. The predicted molar refractivity (Wildman–Crippen MR) is 100 cm³/mol. The lowest BCUT2D eigenvalue weighted by Crippen LogP contribution is -2.41. The van der Waals surface area contributed by atoms with Gasteiger partial charge in [0.1, 0.15) is 5.82 Å². The van der Waals surface area contributed by atoms with Crippen molar-refractivity contribution in [3.63, 3.8) is 0 Å². The van der Waals surface area contributed by atoms with Crippen LogP contribution in [0, 0.1) is 5.82 Å². The van der Waals surface area contributed by atoms with Gasteiger partial charge in [0, 0.05) is 30.6 Å². The zero-order valence-electron chi connectivity index (χ0n) is 15.3. The van der Waals surface area contributed by atoms with E-state index in [4.69, 9.17) is 5.21 Å². The van der Waals surface area contributed by atoms with Crippen LogP contribution in [0.25, 0.3) is 0 Å². The number of carbonyl (C=O) groups is 2. The molecule has 1 aliphatic carbocycles. The van der Waals surface area contributed by atoms with Crippen LogP contribution in [0.3, 0.4) is 0 Å². The summed E-state index contributed by atoms with van der Waals surface area (Å²) in [5.74, 6) is -0.454. The van der Waals surface area contributed by atoms with Gasteiger partial charge in [-0.2, -0.15) is 0 Å². The standard InChI is InChI=1S/C21H22FN3O3/c22-17-5-3-14(4-6-17)18-10-19(18)23-11-20(26)25-8-7-13-1-2-15(21(27)24-28)9-16(13)12-25/h1-6,9,18-19,23,28H,7-8,10-12H2,(H,24,27). The number of hydrogen-bond acceptors (Lipinski definition) is 4. The van der Waals surface area contributed by atoms with E-state index in [1.807, 2.05) is 6.07 Å². The topological polar surface area (TPSA) is 81.7 Å². The molecule has 1 heterocycles. The van der Waals surface area contributed by atoms with E-state index < -0.39 is 5.91 Å². The Hall–Kier alpha value is -2.77. The van der Waals surface area contributed by atoms with Gasteiger partial charge in [0.2, 0.25) is 5.91 Å². The molecule has 2 aromatic carbocycles. The molecule has 0 spiro atoms. The molecule has 2 aliphatic rings. The van der Waals surface area contributed by atoms with Gasteiger partial charge >= 0.3 is 0 Å². The highest BCUT2D eigenvalue weighted by Gasteiger charge is 2.38. The van der Waals surface area contributed by atoms with Gasteiger partial charge in [-0.1, -0.05) is 18.2 Å². The van der Waals surface area contributed by atoms with Crippen molar-refractivity contribution in [3.05, 3.63) is 70.5 Å². The first kappa shape index (κ1) is 18.6. The highest BCUT2D eigenvalue weighted by atomic mass is 19.1. The molecule has 7 heteroatoms. The SMILES string of the molecule is O=C(NO)c1ccc2c(c1)CN(C(=O)CNC1CC1c1ccc(F)cc1)CC2. The fourth-order valence-electron chi connectivity index (χ4n) is 3.80. The summed E-state index contributed by atoms with van der Waals surface area (Å²) in [6.45, 7) is 1.36. The fourth-order valence-corrected chi connectivity index (χ4v) is 3.80. The Balaban J connectivity index is 1.32. The van der Waals surface area contributed by atoms with E-state index >= 15 is 0 Å². The molecule has 0 saturated heterocycles. The van der Waals surface area contributed by atoms with Crippen LogP contribution in [0.2, 0.25) is 0 Å². The third kappa shape index (κ3) is 3.90. The van der Waals surface area contributed by atoms with Crippen LogP contribution in [0.5, 0.6) is 0 Å². The quantitative estimate of drug-likeness (QED) is 0.545. The Morgan fingerprint density at radius 2 is 1.93 bits per heavy atom. The Kier molecular flexibility index (Phi) is 5.11. The summed E-state index contributed by atoms with van der Waals surface area (Å²) in [4.78, 5) is 26.0. The first-order chi connectivity index (χ1) is 13.5. The molecule has 1 aliphatic heterocycles. The monoisotopic (exact) mass is 383 g/mol. The van der Waals surface area contributed by atoms with Crippen LogP contribution in [0.1, 0.15) is 39.4 Å². The number of rotatable bonds is 5. The Bertz CT molecular complexity index is 900. The lowest BCUT2D eigenvalue weighted by molar-refractivity contribution is -0.131. The number of nitrogens with zero attached hydrogens (tertiary/aromatic N) is 1. The number of carbonyl (C=O) groups excluding carboxylic acids is 2. The highest BCUT2D eigenvalue weighted by molar-refractivity contribution is 5.93. The van der Waals surface area contributed by atoms with Crippen LogP contribution < -0.4 is 10.8 Å². The molecule has 1 fully saturated rings. The predicted octanol–water partition coefficient (Wildman–Crippen LogP) is 1.98. The van der Waals surface area contributed by atoms with Crippen molar-refractivity contribution in [3.8, 4) is 0 Å². The average Bonchev–Trinajstić information content (AvgIpc) is 3.50. The number of halogens is 1. The first-order valence-corrected chi connectivity index (χ1v) is 9.38. The number of hydroxylamine groups is 1. The lowest BCUT2D eigenvalue weighted by Gasteiger charge is -2.29. The highest BCUT2D eigenvalue weighted by Crippen LogP contribution is 2.40. The summed E-state index contributed by atoms with van der Waals surface area (Å²) in [5, 5.41) is 12.1. The van der Waals surface area contributed by atoms with Crippen molar-refractivity contribution in [1.29, 1.82) is 0 Å². The van der Waals surface area contributed by atoms with E-state index in [0.29, 0.717) is 24.6 Å². The van der Waals surface area contributed by atoms with Crippen molar-refractivity contribution >= 4 is 11.8 Å². The molecule has 2 aromatic rings. The van der Waals surface area contributed by atoms with Gasteiger partial charge in [0.25, 0.3) is 5.91 Å². The van der Waals surface area contributed by atoms with Gasteiger partial charge in [-0.15, -0.1) is 0 Å². The van der Waals surface area contributed by atoms with Gasteiger partial charge in [-0.3, -0.25) is 14.8 Å². The molecule has 1 saturated carbocycles. The van der Waals surface area contributed by atoms with Gasteiger partial charge in [-0.25, -0.2) is 9.87 Å². The van der Waals surface area contributed by atoms with E-state index in [9.17, 15) is 14.0 Å². The molecule has 6 nitrogen and oxygen atoms in total. The minimum absolute atomic E-state index is 0.0208. The second-order valence-corrected chi connectivity index (χ2v) is 7.37. The van der Waals surface area contributed by atoms with Crippen LogP contribution in [0.15, 0.2) is 42.5 Å². The van der Waals surface area contributed by atoms with Gasteiger partial charge in [-0.05, 0) is 53.8 Å². The molecular formula is C21H22FN3O3. The fraction of sp³-hybridized carbons (Fsp3) is 0.333. The number of fused-ring (bicyclic) bond motifs is 1. The minimum atomic E-state index is -0.562. The maximum Gasteiger partial charge on any atom is 0.274 e. The molecule has 4 rings (SSSR count). The van der Waals surface area contributed by atoms with Crippen LogP contribution >= 0.6 is 0 Å². The third-order valence-electron chi connectivity index (χ3n) is 5.54. The van der Waals surface area contributed by atoms with E-state index in [-0.39, 0.29) is 24.3 Å². The number of amides is 2. The third-order valence-corrected chi connectivity index (χ3v) is 5.54. The summed E-state index contributed by atoms with van der Waals surface area (Å²) in [6.07, 6.45) is 1.69.